The molecule has 0 aromatic carbocycles. The number of hydrogen-bond acceptors (Lipinski definition) is 2. The topological polar surface area (TPSA) is 74.6 Å². The number of carboxylic acid groups (broad SMARTS) is 2. The SMILES string of the molecule is CCCCC(F)CC(CC)(C(=O)O)C(=O)O. The number of carboxylic acids is 2. The predicted octanol–water partition coefficient (Wildman–Crippen LogP) is 2.47. The van der Waals surface area contributed by atoms with Crippen LogP contribution < -0.4 is 0 Å². The summed E-state index contributed by atoms with van der Waals surface area (Å²) in [7, 11) is 0. The molecule has 2 N–H and O–H groups in total. The molecule has 0 bridgehead atoms. The number of halogens is 1. The molecule has 1 atom stereocenters. The van der Waals surface area contributed by atoms with Crippen molar-refractivity contribution in [2.45, 2.75) is 52.1 Å². The molecular weight excluding hydrogens is 215 g/mol. The van der Waals surface area contributed by atoms with Crippen molar-refractivity contribution in [1.82, 2.24) is 0 Å². The molecule has 0 heterocycles. The molecule has 0 fully saturated rings. The molecule has 4 nitrogen and oxygen atoms in total. The second-order valence-electron chi connectivity index (χ2n) is 3.99. The van der Waals surface area contributed by atoms with E-state index < -0.39 is 29.9 Å². The van der Waals surface area contributed by atoms with Crippen LogP contribution in [0.2, 0.25) is 0 Å². The molecule has 0 amide bonds. The van der Waals surface area contributed by atoms with Gasteiger partial charge in [-0.05, 0) is 12.8 Å². The second-order valence-corrected chi connectivity index (χ2v) is 3.99. The zero-order chi connectivity index (χ0) is 12.8. The van der Waals surface area contributed by atoms with Gasteiger partial charge >= 0.3 is 11.9 Å². The third-order valence-electron chi connectivity index (χ3n) is 2.86. The van der Waals surface area contributed by atoms with E-state index in [1.54, 1.807) is 0 Å². The maximum Gasteiger partial charge on any atom is 0.321 e. The van der Waals surface area contributed by atoms with Crippen molar-refractivity contribution in [2.24, 2.45) is 5.41 Å². The molecule has 0 saturated carbocycles. The third kappa shape index (κ3) is 3.47. The molecule has 94 valence electrons. The van der Waals surface area contributed by atoms with E-state index in [1.807, 2.05) is 6.92 Å². The highest BCUT2D eigenvalue weighted by Gasteiger charge is 2.46. The Morgan fingerprint density at radius 3 is 2.06 bits per heavy atom. The Morgan fingerprint density at radius 2 is 1.75 bits per heavy atom. The van der Waals surface area contributed by atoms with Crippen LogP contribution in [0.5, 0.6) is 0 Å². The number of alkyl halides is 1. The molecule has 0 spiro atoms. The van der Waals surface area contributed by atoms with Crippen molar-refractivity contribution >= 4 is 11.9 Å². The van der Waals surface area contributed by atoms with Crippen molar-refractivity contribution in [1.29, 1.82) is 0 Å². The standard InChI is InChI=1S/C11H19FO4/c1-3-5-6-8(12)7-11(4-2,9(13)14)10(15)16/h8H,3-7H2,1-2H3,(H,13,14)(H,15,16). The lowest BCUT2D eigenvalue weighted by molar-refractivity contribution is -0.166. The first-order valence-electron chi connectivity index (χ1n) is 5.51. The number of unbranched alkanes of at least 4 members (excludes halogenated alkanes) is 1. The van der Waals surface area contributed by atoms with Crippen LogP contribution >= 0.6 is 0 Å². The van der Waals surface area contributed by atoms with Crippen molar-refractivity contribution in [3.63, 3.8) is 0 Å². The highest BCUT2D eigenvalue weighted by Crippen LogP contribution is 2.31. The van der Waals surface area contributed by atoms with E-state index in [0.29, 0.717) is 6.42 Å². The van der Waals surface area contributed by atoms with Crippen LogP contribution in [0, 0.1) is 5.41 Å². The summed E-state index contributed by atoms with van der Waals surface area (Å²) in [6, 6.07) is 0. The van der Waals surface area contributed by atoms with E-state index in [-0.39, 0.29) is 12.8 Å². The summed E-state index contributed by atoms with van der Waals surface area (Å²) in [5, 5.41) is 17.8. The van der Waals surface area contributed by atoms with Gasteiger partial charge in [-0.2, -0.15) is 0 Å². The summed E-state index contributed by atoms with van der Waals surface area (Å²) in [5.41, 5.74) is -1.98. The van der Waals surface area contributed by atoms with Crippen LogP contribution in [0.3, 0.4) is 0 Å². The van der Waals surface area contributed by atoms with Gasteiger partial charge < -0.3 is 10.2 Å². The van der Waals surface area contributed by atoms with Gasteiger partial charge in [-0.1, -0.05) is 26.7 Å². The van der Waals surface area contributed by atoms with Gasteiger partial charge in [-0.25, -0.2) is 4.39 Å². The smallest absolute Gasteiger partial charge is 0.321 e. The van der Waals surface area contributed by atoms with E-state index in [2.05, 4.69) is 0 Å². The van der Waals surface area contributed by atoms with E-state index in [1.165, 1.54) is 6.92 Å². The molecule has 16 heavy (non-hydrogen) atoms. The van der Waals surface area contributed by atoms with Gasteiger partial charge in [0.15, 0.2) is 5.41 Å². The lowest BCUT2D eigenvalue weighted by atomic mass is 9.79. The van der Waals surface area contributed by atoms with Gasteiger partial charge in [0.25, 0.3) is 0 Å². The van der Waals surface area contributed by atoms with Crippen molar-refractivity contribution in [2.75, 3.05) is 0 Å². The molecule has 0 aliphatic carbocycles. The minimum Gasteiger partial charge on any atom is -0.480 e. The molecule has 5 heteroatoms. The summed E-state index contributed by atoms with van der Waals surface area (Å²) in [5.74, 6) is -2.91. The zero-order valence-corrected chi connectivity index (χ0v) is 9.70. The fraction of sp³-hybridized carbons (Fsp3) is 0.818. The summed E-state index contributed by atoms with van der Waals surface area (Å²) in [6.45, 7) is 3.35. The quantitative estimate of drug-likeness (QED) is 0.633. The van der Waals surface area contributed by atoms with E-state index in [4.69, 9.17) is 10.2 Å². The van der Waals surface area contributed by atoms with Crippen molar-refractivity contribution in [3.8, 4) is 0 Å². The Bertz CT molecular complexity index is 238. The molecule has 0 rings (SSSR count). The van der Waals surface area contributed by atoms with Gasteiger partial charge in [-0.3, -0.25) is 9.59 Å². The molecule has 0 saturated heterocycles. The van der Waals surface area contributed by atoms with Gasteiger partial charge in [0.05, 0.1) is 0 Å². The first kappa shape index (κ1) is 14.9. The van der Waals surface area contributed by atoms with Crippen molar-refractivity contribution < 1.29 is 24.2 Å². The average Bonchev–Trinajstić information content (AvgIpc) is 2.22. The van der Waals surface area contributed by atoms with Crippen LogP contribution in [0.4, 0.5) is 4.39 Å². The normalized spacial score (nSPS) is 13.4. The van der Waals surface area contributed by atoms with Crippen LogP contribution in [0.25, 0.3) is 0 Å². The summed E-state index contributed by atoms with van der Waals surface area (Å²) in [4.78, 5) is 21.9. The molecule has 0 aliphatic heterocycles. The van der Waals surface area contributed by atoms with E-state index >= 15 is 0 Å². The van der Waals surface area contributed by atoms with Crippen LogP contribution in [0.15, 0.2) is 0 Å². The monoisotopic (exact) mass is 234 g/mol. The highest BCUT2D eigenvalue weighted by molar-refractivity contribution is 5.98. The molecular formula is C11H19FO4. The first-order chi connectivity index (χ1) is 7.40. The Balaban J connectivity index is 4.66. The van der Waals surface area contributed by atoms with Gasteiger partial charge in [0.1, 0.15) is 6.17 Å². The fourth-order valence-corrected chi connectivity index (χ4v) is 1.62. The number of rotatable bonds is 8. The predicted molar refractivity (Wildman–Crippen MR) is 57.0 cm³/mol. The summed E-state index contributed by atoms with van der Waals surface area (Å²) in [6.07, 6.45) is -0.260. The number of carbonyl (C=O) groups is 2. The summed E-state index contributed by atoms with van der Waals surface area (Å²) >= 11 is 0. The third-order valence-corrected chi connectivity index (χ3v) is 2.86. The molecule has 1 unspecified atom stereocenters. The van der Waals surface area contributed by atoms with Crippen LogP contribution in [-0.2, 0) is 9.59 Å². The second kappa shape index (κ2) is 6.45. The Kier molecular flexibility index (Phi) is 6.00. The lowest BCUT2D eigenvalue weighted by Gasteiger charge is -2.24. The maximum atomic E-state index is 13.5. The molecule has 0 radical (unpaired) electrons. The number of hydrogen-bond donors (Lipinski definition) is 2. The lowest BCUT2D eigenvalue weighted by Crippen LogP contribution is -2.41. The summed E-state index contributed by atoms with van der Waals surface area (Å²) < 4.78 is 13.5. The van der Waals surface area contributed by atoms with E-state index in [9.17, 15) is 14.0 Å². The van der Waals surface area contributed by atoms with Crippen molar-refractivity contribution in [3.05, 3.63) is 0 Å². The van der Waals surface area contributed by atoms with Gasteiger partial charge in [0.2, 0.25) is 0 Å². The van der Waals surface area contributed by atoms with Gasteiger partial charge in [0, 0.05) is 6.42 Å². The molecule has 0 aliphatic rings. The average molecular weight is 234 g/mol. The first-order valence-corrected chi connectivity index (χ1v) is 5.51. The van der Waals surface area contributed by atoms with Crippen LogP contribution in [0.1, 0.15) is 46.0 Å². The minimum atomic E-state index is -1.98. The zero-order valence-electron chi connectivity index (χ0n) is 9.70. The van der Waals surface area contributed by atoms with E-state index in [0.717, 1.165) is 6.42 Å². The van der Waals surface area contributed by atoms with Crippen LogP contribution in [-0.4, -0.2) is 28.3 Å². The Labute approximate surface area is 94.5 Å². The fourth-order valence-electron chi connectivity index (χ4n) is 1.62. The Morgan fingerprint density at radius 1 is 1.25 bits per heavy atom. The number of aliphatic carboxylic acids is 2. The molecule has 0 aromatic rings. The minimum absolute atomic E-state index is 0.107. The maximum absolute atomic E-state index is 13.5. The largest absolute Gasteiger partial charge is 0.480 e. The van der Waals surface area contributed by atoms with Gasteiger partial charge in [-0.15, -0.1) is 0 Å². The highest BCUT2D eigenvalue weighted by atomic mass is 19.1. The molecule has 0 aromatic heterocycles. The Hall–Kier alpha value is -1.13.